The molecule has 0 radical (unpaired) electrons. The molecule has 0 atom stereocenters. The number of benzene rings is 1. The summed E-state index contributed by atoms with van der Waals surface area (Å²) >= 11 is 0. The van der Waals surface area contributed by atoms with E-state index in [2.05, 4.69) is 37.6 Å². The number of carbonyl (C=O) groups is 1. The van der Waals surface area contributed by atoms with Crippen molar-refractivity contribution in [2.24, 2.45) is 7.05 Å². The van der Waals surface area contributed by atoms with Crippen LogP contribution >= 0.6 is 0 Å². The third-order valence-corrected chi connectivity index (χ3v) is 4.60. The number of nitrogens with zero attached hydrogens (tertiary/aromatic N) is 6. The molecule has 0 saturated carbocycles. The first-order valence-electron chi connectivity index (χ1n) is 8.85. The first-order chi connectivity index (χ1) is 12.9. The first kappa shape index (κ1) is 17.1. The van der Waals surface area contributed by atoms with Gasteiger partial charge in [0.2, 0.25) is 0 Å². The quantitative estimate of drug-likeness (QED) is 0.601. The SMILES string of the molecule is Cc1ccc2c(c1)c(CNC(=O)c1cc(C(C)C)n3ncnc3n1)nn2C. The maximum atomic E-state index is 12.7. The Labute approximate surface area is 156 Å². The summed E-state index contributed by atoms with van der Waals surface area (Å²) in [6.45, 7) is 6.46. The molecule has 0 aliphatic heterocycles. The number of nitrogens with one attached hydrogen (secondary N) is 1. The van der Waals surface area contributed by atoms with Crippen molar-refractivity contribution in [3.8, 4) is 0 Å². The molecule has 0 bridgehead atoms. The lowest BCUT2D eigenvalue weighted by Gasteiger charge is -2.10. The molecular formula is C19H21N7O. The minimum absolute atomic E-state index is 0.187. The van der Waals surface area contributed by atoms with Gasteiger partial charge in [0.15, 0.2) is 0 Å². The number of aromatic nitrogens is 6. The number of aryl methyl sites for hydroxylation is 2. The van der Waals surface area contributed by atoms with Gasteiger partial charge in [0.05, 0.1) is 23.4 Å². The summed E-state index contributed by atoms with van der Waals surface area (Å²) < 4.78 is 3.49. The van der Waals surface area contributed by atoms with Gasteiger partial charge in [0, 0.05) is 12.4 Å². The van der Waals surface area contributed by atoms with Crippen LogP contribution in [0, 0.1) is 6.92 Å². The highest BCUT2D eigenvalue weighted by atomic mass is 16.1. The summed E-state index contributed by atoms with van der Waals surface area (Å²) in [6.07, 6.45) is 1.44. The van der Waals surface area contributed by atoms with Crippen LogP contribution in [0.1, 0.15) is 47.2 Å². The van der Waals surface area contributed by atoms with Crippen LogP contribution in [0.2, 0.25) is 0 Å². The highest BCUT2D eigenvalue weighted by molar-refractivity contribution is 5.93. The van der Waals surface area contributed by atoms with Gasteiger partial charge < -0.3 is 5.32 Å². The van der Waals surface area contributed by atoms with Crippen molar-refractivity contribution in [2.75, 3.05) is 0 Å². The average Bonchev–Trinajstić information content (AvgIpc) is 3.23. The largest absolute Gasteiger partial charge is 0.345 e. The molecule has 4 rings (SSSR count). The van der Waals surface area contributed by atoms with Crippen LogP contribution < -0.4 is 5.32 Å². The summed E-state index contributed by atoms with van der Waals surface area (Å²) in [6, 6.07) is 7.94. The van der Waals surface area contributed by atoms with E-state index in [1.165, 1.54) is 6.33 Å². The molecule has 1 aromatic carbocycles. The van der Waals surface area contributed by atoms with Gasteiger partial charge >= 0.3 is 0 Å². The molecular weight excluding hydrogens is 342 g/mol. The molecule has 0 unspecified atom stereocenters. The van der Waals surface area contributed by atoms with E-state index in [1.807, 2.05) is 38.6 Å². The minimum Gasteiger partial charge on any atom is -0.345 e. The van der Waals surface area contributed by atoms with Crippen LogP contribution in [-0.4, -0.2) is 35.3 Å². The normalized spacial score (nSPS) is 11.6. The molecule has 3 heterocycles. The molecule has 0 saturated heterocycles. The van der Waals surface area contributed by atoms with E-state index >= 15 is 0 Å². The third kappa shape index (κ3) is 3.03. The Kier molecular flexibility index (Phi) is 4.10. The van der Waals surface area contributed by atoms with Crippen LogP contribution in [-0.2, 0) is 13.6 Å². The maximum absolute atomic E-state index is 12.7. The van der Waals surface area contributed by atoms with Crippen molar-refractivity contribution in [1.29, 1.82) is 0 Å². The van der Waals surface area contributed by atoms with Gasteiger partial charge in [0.1, 0.15) is 12.0 Å². The van der Waals surface area contributed by atoms with Crippen molar-refractivity contribution >= 4 is 22.6 Å². The highest BCUT2D eigenvalue weighted by Gasteiger charge is 2.16. The molecule has 3 aromatic heterocycles. The molecule has 0 fully saturated rings. The molecule has 4 aromatic rings. The maximum Gasteiger partial charge on any atom is 0.270 e. The van der Waals surface area contributed by atoms with E-state index in [0.717, 1.165) is 27.9 Å². The van der Waals surface area contributed by atoms with Gasteiger partial charge in [-0.05, 0) is 31.0 Å². The fourth-order valence-electron chi connectivity index (χ4n) is 3.20. The van der Waals surface area contributed by atoms with Crippen LogP contribution in [0.15, 0.2) is 30.6 Å². The predicted octanol–water partition coefficient (Wildman–Crippen LogP) is 2.37. The number of amides is 1. The van der Waals surface area contributed by atoms with Crippen LogP contribution in [0.25, 0.3) is 16.7 Å². The zero-order valence-corrected chi connectivity index (χ0v) is 15.8. The Morgan fingerprint density at radius 1 is 1.26 bits per heavy atom. The lowest BCUT2D eigenvalue weighted by atomic mass is 10.1. The molecule has 1 amide bonds. The average molecular weight is 363 g/mol. The van der Waals surface area contributed by atoms with E-state index in [-0.39, 0.29) is 11.8 Å². The molecule has 0 spiro atoms. The molecule has 1 N–H and O–H groups in total. The lowest BCUT2D eigenvalue weighted by molar-refractivity contribution is 0.0945. The summed E-state index contributed by atoms with van der Waals surface area (Å²) in [7, 11) is 1.90. The second kappa shape index (κ2) is 6.46. The molecule has 0 aliphatic carbocycles. The van der Waals surface area contributed by atoms with E-state index in [1.54, 1.807) is 10.6 Å². The van der Waals surface area contributed by atoms with Crippen LogP contribution in [0.4, 0.5) is 0 Å². The van der Waals surface area contributed by atoms with Gasteiger partial charge in [-0.1, -0.05) is 25.5 Å². The van der Waals surface area contributed by atoms with Crippen LogP contribution in [0.3, 0.4) is 0 Å². The summed E-state index contributed by atoms with van der Waals surface area (Å²) in [5.74, 6) is 0.352. The van der Waals surface area contributed by atoms with Crippen molar-refractivity contribution in [2.45, 2.75) is 33.2 Å². The standard InChI is InChI=1S/C19H21N7O/c1-11(2)17-8-14(23-19-21-10-22-26(17)19)18(27)20-9-15-13-7-12(3)5-6-16(13)25(4)24-15/h5-8,10-11H,9H2,1-4H3,(H,20,27). The number of hydrogen-bond acceptors (Lipinski definition) is 5. The van der Waals surface area contributed by atoms with Gasteiger partial charge in [-0.3, -0.25) is 9.48 Å². The topological polar surface area (TPSA) is 90.0 Å². The molecule has 0 aliphatic rings. The number of hydrogen-bond donors (Lipinski definition) is 1. The van der Waals surface area contributed by atoms with Crippen LogP contribution in [0.5, 0.6) is 0 Å². The molecule has 138 valence electrons. The Hall–Kier alpha value is -3.29. The molecule has 27 heavy (non-hydrogen) atoms. The van der Waals surface area contributed by atoms with E-state index < -0.39 is 0 Å². The summed E-state index contributed by atoms with van der Waals surface area (Å²) in [5.41, 5.74) is 4.24. The monoisotopic (exact) mass is 363 g/mol. The lowest BCUT2D eigenvalue weighted by Crippen LogP contribution is -2.25. The van der Waals surface area contributed by atoms with Crippen molar-refractivity contribution in [1.82, 2.24) is 34.7 Å². The predicted molar refractivity (Wildman–Crippen MR) is 101 cm³/mol. The van der Waals surface area contributed by atoms with Crippen molar-refractivity contribution in [3.63, 3.8) is 0 Å². The zero-order chi connectivity index (χ0) is 19.1. The van der Waals surface area contributed by atoms with Gasteiger partial charge in [-0.15, -0.1) is 0 Å². The Bertz CT molecular complexity index is 1160. The second-order valence-electron chi connectivity index (χ2n) is 6.97. The van der Waals surface area contributed by atoms with E-state index in [4.69, 9.17) is 0 Å². The number of carbonyl (C=O) groups excluding carboxylic acids is 1. The van der Waals surface area contributed by atoms with Gasteiger partial charge in [-0.2, -0.15) is 15.2 Å². The second-order valence-corrected chi connectivity index (χ2v) is 6.97. The first-order valence-corrected chi connectivity index (χ1v) is 8.85. The Balaban J connectivity index is 1.62. The summed E-state index contributed by atoms with van der Waals surface area (Å²) in [5, 5.41) is 12.7. The zero-order valence-electron chi connectivity index (χ0n) is 15.8. The Morgan fingerprint density at radius 3 is 2.85 bits per heavy atom. The minimum atomic E-state index is -0.256. The Morgan fingerprint density at radius 2 is 2.07 bits per heavy atom. The molecule has 8 nitrogen and oxygen atoms in total. The van der Waals surface area contributed by atoms with Crippen molar-refractivity contribution < 1.29 is 4.79 Å². The third-order valence-electron chi connectivity index (χ3n) is 4.60. The summed E-state index contributed by atoms with van der Waals surface area (Å²) in [4.78, 5) is 21.1. The van der Waals surface area contributed by atoms with Crippen molar-refractivity contribution in [3.05, 3.63) is 53.2 Å². The van der Waals surface area contributed by atoms with E-state index in [0.29, 0.717) is 18.0 Å². The fourth-order valence-corrected chi connectivity index (χ4v) is 3.20. The number of fused-ring (bicyclic) bond motifs is 2. The fraction of sp³-hybridized carbons (Fsp3) is 0.316. The van der Waals surface area contributed by atoms with E-state index in [9.17, 15) is 4.79 Å². The number of rotatable bonds is 4. The van der Waals surface area contributed by atoms with Gasteiger partial charge in [0.25, 0.3) is 11.7 Å². The smallest absolute Gasteiger partial charge is 0.270 e. The molecule has 8 heteroatoms. The highest BCUT2D eigenvalue weighted by Crippen LogP contribution is 2.20. The van der Waals surface area contributed by atoms with Gasteiger partial charge in [-0.25, -0.2) is 9.50 Å².